The van der Waals surface area contributed by atoms with Gasteiger partial charge in [0.25, 0.3) is 0 Å². The molecule has 68 valence electrons. The van der Waals surface area contributed by atoms with Gasteiger partial charge in [0, 0.05) is 0 Å². The van der Waals surface area contributed by atoms with Crippen molar-refractivity contribution in [2.24, 2.45) is 0 Å². The molecular weight excluding hydrogens is 375 g/mol. The summed E-state index contributed by atoms with van der Waals surface area (Å²) in [7, 11) is 0. The molecule has 0 fully saturated rings. The van der Waals surface area contributed by atoms with Gasteiger partial charge in [-0.2, -0.15) is 0 Å². The van der Waals surface area contributed by atoms with Crippen LogP contribution in [0.25, 0.3) is 0 Å². The number of aliphatic carboxylic acids is 1. The second kappa shape index (κ2) is 50.0. The van der Waals surface area contributed by atoms with E-state index < -0.39 is 12.1 Å². The van der Waals surface area contributed by atoms with Crippen LogP contribution in [-0.2, 0) is 4.79 Å². The third-order valence-electron chi connectivity index (χ3n) is 0.341. The van der Waals surface area contributed by atoms with Crippen LogP contribution in [0.1, 0.15) is 6.92 Å². The smallest absolute Gasteiger partial charge is 1.00 e. The molecule has 0 aromatic rings. The third-order valence-corrected chi connectivity index (χ3v) is 0.341. The first-order chi connectivity index (χ1) is 2.64. The average molecular weight is 380 g/mol. The number of carbonyl (C=O) groups excluding carboxylic acids is 1. The molecule has 1 atom stereocenters. The van der Waals surface area contributed by atoms with Crippen LogP contribution in [0.5, 0.6) is 0 Å². The van der Waals surface area contributed by atoms with Gasteiger partial charge in [-0.15, -0.1) is 0 Å². The standard InChI is InChI=1S/C3H6O3.Ca.4ClH.K.Mg.2Na/c1-2(4)3(5)6;;;;;;;;;/h2,4H,1H3,(H,5,6);;4*1H;;;;/q;+2;;;;;+1;+2;2*+1/p-5. The van der Waals surface area contributed by atoms with E-state index in [9.17, 15) is 9.90 Å². The van der Waals surface area contributed by atoms with Crippen molar-refractivity contribution < 1.29 is 175 Å². The molecule has 0 aromatic heterocycles. The van der Waals surface area contributed by atoms with E-state index in [0.29, 0.717) is 0 Å². The van der Waals surface area contributed by atoms with Gasteiger partial charge in [-0.05, 0) is 6.92 Å². The van der Waals surface area contributed by atoms with Gasteiger partial charge in [0.2, 0.25) is 0 Å². The Morgan fingerprint density at radius 3 is 1.20 bits per heavy atom. The van der Waals surface area contributed by atoms with Gasteiger partial charge in [0.1, 0.15) is 0 Å². The zero-order valence-corrected chi connectivity index (χ0v) is 23.0. The Kier molecular flexibility index (Phi) is 230. The molecule has 12 heteroatoms. The summed E-state index contributed by atoms with van der Waals surface area (Å²) in [5.74, 6) is -1.44. The van der Waals surface area contributed by atoms with E-state index in [2.05, 4.69) is 0 Å². The van der Waals surface area contributed by atoms with Crippen LogP contribution in [0.15, 0.2) is 0 Å². The molecule has 1 unspecified atom stereocenters. The van der Waals surface area contributed by atoms with Crippen molar-refractivity contribution >= 4 is 66.8 Å². The first-order valence-corrected chi connectivity index (χ1v) is 1.53. The van der Waals surface area contributed by atoms with Crippen molar-refractivity contribution in [3.8, 4) is 0 Å². The summed E-state index contributed by atoms with van der Waals surface area (Å²) in [6.45, 7) is 1.13. The third kappa shape index (κ3) is 64.2. The summed E-state index contributed by atoms with van der Waals surface area (Å²) in [4.78, 5) is 9.34. The number of carboxylic acids is 1. The van der Waals surface area contributed by atoms with E-state index >= 15 is 0 Å². The summed E-state index contributed by atoms with van der Waals surface area (Å²) in [6, 6.07) is 0. The number of carboxylic acid groups (broad SMARTS) is 1. The molecule has 0 aliphatic heterocycles. The minimum atomic E-state index is -1.44. The molecule has 0 aliphatic carbocycles. The molecule has 15 heavy (non-hydrogen) atoms. The van der Waals surface area contributed by atoms with E-state index in [0.717, 1.165) is 6.92 Å². The number of aliphatic hydroxyl groups excluding tert-OH is 1. The first kappa shape index (κ1) is 68.8. The molecule has 0 saturated carbocycles. The largest absolute Gasteiger partial charge is 2.00 e. The number of hydrogen-bond donors (Lipinski definition) is 1. The van der Waals surface area contributed by atoms with Gasteiger partial charge in [-0.3, -0.25) is 0 Å². The summed E-state index contributed by atoms with van der Waals surface area (Å²) in [5, 5.41) is 17.3. The van der Waals surface area contributed by atoms with Crippen molar-refractivity contribution in [3.05, 3.63) is 0 Å². The van der Waals surface area contributed by atoms with E-state index in [1.807, 2.05) is 0 Å². The van der Waals surface area contributed by atoms with Gasteiger partial charge in [0.15, 0.2) is 0 Å². The van der Waals surface area contributed by atoms with Crippen molar-refractivity contribution in [3.63, 3.8) is 0 Å². The molecule has 0 rings (SSSR count). The normalized spacial score (nSPS) is 5.47. The number of halogens is 4. The van der Waals surface area contributed by atoms with Gasteiger partial charge in [-0.25, -0.2) is 0 Å². The molecule has 0 bridgehead atoms. The molecule has 3 nitrogen and oxygen atoms in total. The van der Waals surface area contributed by atoms with Crippen molar-refractivity contribution in [1.29, 1.82) is 0 Å². The van der Waals surface area contributed by atoms with Crippen LogP contribution in [0, 0.1) is 0 Å². The maximum Gasteiger partial charge on any atom is 2.00 e. The Balaban J connectivity index is -0.00000000347. The van der Waals surface area contributed by atoms with Crippen LogP contribution < -0.4 is 165 Å². The minimum Gasteiger partial charge on any atom is -1.00 e. The fourth-order valence-corrected chi connectivity index (χ4v) is 0. The fourth-order valence-electron chi connectivity index (χ4n) is 0. The van der Waals surface area contributed by atoms with E-state index in [1.54, 1.807) is 0 Å². The van der Waals surface area contributed by atoms with Gasteiger partial charge < -0.3 is 64.6 Å². The molecule has 1 N–H and O–H groups in total. The number of aliphatic hydroxyl groups is 1. The molecule has 0 spiro atoms. The van der Waals surface area contributed by atoms with Crippen LogP contribution in [0.4, 0.5) is 0 Å². The Morgan fingerprint density at radius 1 is 1.13 bits per heavy atom. The van der Waals surface area contributed by atoms with Crippen molar-refractivity contribution in [1.82, 2.24) is 0 Å². The molecule has 0 aliphatic rings. The monoisotopic (exact) mass is 378 g/mol. The van der Waals surface area contributed by atoms with Gasteiger partial charge >= 0.3 is 171 Å². The Bertz CT molecular complexity index is 90.2. The summed E-state index contributed by atoms with van der Waals surface area (Å²) < 4.78 is 0. The van der Waals surface area contributed by atoms with E-state index in [-0.39, 0.29) is 221 Å². The fraction of sp³-hybridized carbons (Fsp3) is 0.667. The number of hydrogen-bond acceptors (Lipinski definition) is 3. The minimum absolute atomic E-state index is 0. The number of carbonyl (C=O) groups is 1. The molecule has 0 radical (unpaired) electrons. The molecular formula is C3H5CaCl4KMgNa2O3+2. The first-order valence-electron chi connectivity index (χ1n) is 1.53. The van der Waals surface area contributed by atoms with E-state index in [4.69, 9.17) is 5.11 Å². The maximum absolute atomic E-state index is 9.34. The molecule has 0 aromatic carbocycles. The predicted octanol–water partition coefficient (Wildman–Crippen LogP) is -23.6. The van der Waals surface area contributed by atoms with Crippen LogP contribution in [-0.4, -0.2) is 78.0 Å². The summed E-state index contributed by atoms with van der Waals surface area (Å²) in [6.07, 6.45) is -1.34. The zero-order chi connectivity index (χ0) is 5.15. The van der Waals surface area contributed by atoms with Crippen molar-refractivity contribution in [2.45, 2.75) is 13.0 Å². The molecule has 0 amide bonds. The Labute approximate surface area is 248 Å². The maximum atomic E-state index is 9.34. The quantitative estimate of drug-likeness (QED) is 0.460. The number of rotatable bonds is 1. The predicted molar refractivity (Wildman–Crippen MR) is 28.2 cm³/mol. The van der Waals surface area contributed by atoms with E-state index in [1.165, 1.54) is 0 Å². The average Bonchev–Trinajstić information content (AvgIpc) is 1.36. The van der Waals surface area contributed by atoms with Crippen LogP contribution in [0.3, 0.4) is 0 Å². The van der Waals surface area contributed by atoms with Gasteiger partial charge in [-0.1, -0.05) is 0 Å². The van der Waals surface area contributed by atoms with Crippen LogP contribution in [0.2, 0.25) is 0 Å². The SMILES string of the molecule is CC(O)C(=O)[O-].[Ca+2].[Cl-].[Cl-].[Cl-].[Cl-].[K+].[Mg+2].[Na+].[Na+]. The second-order valence-electron chi connectivity index (χ2n) is 0.995. The second-order valence-corrected chi connectivity index (χ2v) is 0.995. The van der Waals surface area contributed by atoms with Crippen LogP contribution >= 0.6 is 0 Å². The summed E-state index contributed by atoms with van der Waals surface area (Å²) >= 11 is 0. The molecule has 0 saturated heterocycles. The van der Waals surface area contributed by atoms with Gasteiger partial charge in [0.05, 0.1) is 12.1 Å². The Morgan fingerprint density at radius 2 is 1.20 bits per heavy atom. The Hall–Kier alpha value is 6.25. The van der Waals surface area contributed by atoms with Crippen molar-refractivity contribution in [2.75, 3.05) is 0 Å². The summed E-state index contributed by atoms with van der Waals surface area (Å²) in [5.41, 5.74) is 0. The zero-order valence-electron chi connectivity index (χ0n) is 9.27. The molecule has 0 heterocycles. The topological polar surface area (TPSA) is 60.4 Å².